The molecule has 0 saturated heterocycles. The van der Waals surface area contributed by atoms with Crippen LogP contribution < -0.4 is 21.7 Å². The SMILES string of the molecule is COc1cc[n+](-c2nc3cc4c(cc3[nH]2)C(C)(C)C(=O)C4(C)C)c(Cc2nc(CS)cc(CS)n2)c1C.[Cl-]. The van der Waals surface area contributed by atoms with Gasteiger partial charge in [0.2, 0.25) is 0 Å². The Morgan fingerprint density at radius 2 is 1.58 bits per heavy atom. The van der Waals surface area contributed by atoms with Crippen LogP contribution in [0, 0.1) is 6.92 Å². The number of imidazole rings is 1. The number of nitrogens with one attached hydrogen (secondary N) is 1. The van der Waals surface area contributed by atoms with E-state index in [1.54, 1.807) is 7.11 Å². The van der Waals surface area contributed by atoms with E-state index in [-0.39, 0.29) is 18.2 Å². The monoisotopic (exact) mass is 569 g/mol. The van der Waals surface area contributed by atoms with Gasteiger partial charge >= 0.3 is 5.95 Å². The van der Waals surface area contributed by atoms with E-state index in [2.05, 4.69) is 42.4 Å². The van der Waals surface area contributed by atoms with Gasteiger partial charge in [-0.1, -0.05) is 4.98 Å². The van der Waals surface area contributed by atoms with Crippen LogP contribution in [0.4, 0.5) is 0 Å². The first-order valence-electron chi connectivity index (χ1n) is 12.3. The number of hydrogen-bond donors (Lipinski definition) is 3. The van der Waals surface area contributed by atoms with E-state index >= 15 is 0 Å². The third-order valence-electron chi connectivity index (χ3n) is 7.54. The number of hydrogen-bond acceptors (Lipinski definition) is 7. The number of fused-ring (bicyclic) bond motifs is 2. The van der Waals surface area contributed by atoms with E-state index in [0.717, 1.165) is 50.6 Å². The predicted molar refractivity (Wildman–Crippen MR) is 150 cm³/mol. The smallest absolute Gasteiger partial charge is 0.402 e. The normalized spacial score (nSPS) is 15.4. The highest BCUT2D eigenvalue weighted by atomic mass is 35.5. The number of benzene rings is 1. The summed E-state index contributed by atoms with van der Waals surface area (Å²) in [6.07, 6.45) is 2.43. The Morgan fingerprint density at radius 1 is 0.974 bits per heavy atom. The molecule has 0 saturated carbocycles. The third kappa shape index (κ3) is 4.48. The number of aromatic amines is 1. The van der Waals surface area contributed by atoms with Gasteiger partial charge < -0.3 is 17.1 Å². The molecule has 1 aliphatic carbocycles. The maximum atomic E-state index is 13.1. The average Bonchev–Trinajstić information content (AvgIpc) is 3.35. The summed E-state index contributed by atoms with van der Waals surface area (Å²) in [5.74, 6) is 3.43. The van der Waals surface area contributed by atoms with E-state index in [1.165, 1.54) is 0 Å². The molecule has 0 amide bonds. The minimum Gasteiger partial charge on any atom is -1.00 e. The molecule has 3 heterocycles. The molecule has 0 fully saturated rings. The van der Waals surface area contributed by atoms with E-state index in [0.29, 0.717) is 29.7 Å². The van der Waals surface area contributed by atoms with Crippen molar-refractivity contribution in [3.63, 3.8) is 0 Å². The number of rotatable bonds is 6. The summed E-state index contributed by atoms with van der Waals surface area (Å²) >= 11 is 8.82. The molecule has 0 unspecified atom stereocenters. The van der Waals surface area contributed by atoms with Gasteiger partial charge in [0.1, 0.15) is 17.1 Å². The number of pyridine rings is 1. The molecule has 5 rings (SSSR count). The Hall–Kier alpha value is -2.62. The first-order valence-corrected chi connectivity index (χ1v) is 13.5. The van der Waals surface area contributed by atoms with Gasteiger partial charge in [-0.25, -0.2) is 19.5 Å². The lowest BCUT2D eigenvalue weighted by Crippen LogP contribution is -3.00. The number of carbonyl (C=O) groups excluding carboxylic acids is 1. The molecule has 0 atom stereocenters. The number of Topliss-reactive ketones (excluding diaryl/α,β-unsaturated/α-hetero) is 1. The highest BCUT2D eigenvalue weighted by molar-refractivity contribution is 7.79. The van der Waals surface area contributed by atoms with Crippen LogP contribution in [0.25, 0.3) is 17.0 Å². The molecule has 0 bridgehead atoms. The Morgan fingerprint density at radius 3 is 2.16 bits per heavy atom. The van der Waals surface area contributed by atoms with Crippen molar-refractivity contribution in [3.05, 3.63) is 70.1 Å². The Labute approximate surface area is 240 Å². The first kappa shape index (κ1) is 28.4. The number of carbonyl (C=O) groups is 1. The van der Waals surface area contributed by atoms with Gasteiger partial charge in [-0.15, -0.1) is 0 Å². The van der Waals surface area contributed by atoms with Crippen LogP contribution in [-0.2, 0) is 33.6 Å². The molecule has 0 aliphatic heterocycles. The van der Waals surface area contributed by atoms with Crippen LogP contribution in [0.5, 0.6) is 5.75 Å². The molecular formula is C28H32ClN5O2S2. The zero-order valence-electron chi connectivity index (χ0n) is 22.4. The number of H-pyrrole nitrogens is 1. The lowest BCUT2D eigenvalue weighted by atomic mass is 9.80. The second-order valence-corrected chi connectivity index (χ2v) is 11.3. The number of halogens is 1. The average molecular weight is 570 g/mol. The number of nitrogens with zero attached hydrogens (tertiary/aromatic N) is 4. The van der Waals surface area contributed by atoms with Crippen molar-refractivity contribution in [2.45, 2.75) is 63.4 Å². The summed E-state index contributed by atoms with van der Waals surface area (Å²) in [6.45, 7) is 10.0. The van der Waals surface area contributed by atoms with Crippen molar-refractivity contribution < 1.29 is 26.5 Å². The zero-order valence-corrected chi connectivity index (χ0v) is 24.9. The summed E-state index contributed by atoms with van der Waals surface area (Å²) in [7, 11) is 1.67. The number of aromatic nitrogens is 5. The van der Waals surface area contributed by atoms with Gasteiger partial charge in [0.05, 0.1) is 36.8 Å². The minimum absolute atomic E-state index is 0. The summed E-state index contributed by atoms with van der Waals surface area (Å²) in [5.41, 5.74) is 6.38. The zero-order chi connectivity index (χ0) is 26.7. The molecule has 7 nitrogen and oxygen atoms in total. The second-order valence-electron chi connectivity index (χ2n) is 10.6. The maximum Gasteiger partial charge on any atom is 0.402 e. The molecule has 200 valence electrons. The first-order chi connectivity index (χ1) is 17.5. The highest BCUT2D eigenvalue weighted by Gasteiger charge is 2.50. The summed E-state index contributed by atoms with van der Waals surface area (Å²) in [4.78, 5) is 31.0. The van der Waals surface area contributed by atoms with Crippen LogP contribution in [0.2, 0.25) is 0 Å². The molecule has 0 radical (unpaired) electrons. The van der Waals surface area contributed by atoms with Crippen LogP contribution in [0.1, 0.15) is 67.3 Å². The summed E-state index contributed by atoms with van der Waals surface area (Å²) < 4.78 is 7.66. The van der Waals surface area contributed by atoms with Gasteiger partial charge in [0.25, 0.3) is 0 Å². The van der Waals surface area contributed by atoms with Crippen molar-refractivity contribution in [3.8, 4) is 11.7 Å². The molecule has 10 heteroatoms. The van der Waals surface area contributed by atoms with Gasteiger partial charge in [-0.05, 0) is 63.9 Å². The largest absolute Gasteiger partial charge is 1.00 e. The fourth-order valence-electron chi connectivity index (χ4n) is 5.54. The lowest BCUT2D eigenvalue weighted by Gasteiger charge is -2.21. The third-order valence-corrected chi connectivity index (χ3v) is 8.18. The number of thiol groups is 2. The number of ketones is 1. The lowest BCUT2D eigenvalue weighted by molar-refractivity contribution is -0.611. The predicted octanol–water partition coefficient (Wildman–Crippen LogP) is 1.54. The van der Waals surface area contributed by atoms with Gasteiger partial charge in [-0.2, -0.15) is 25.3 Å². The maximum absolute atomic E-state index is 13.1. The summed E-state index contributed by atoms with van der Waals surface area (Å²) in [6, 6.07) is 8.01. The molecule has 4 aromatic rings. The fourth-order valence-corrected chi connectivity index (χ4v) is 5.86. The van der Waals surface area contributed by atoms with Crippen LogP contribution >= 0.6 is 25.3 Å². The van der Waals surface area contributed by atoms with E-state index in [1.807, 2.05) is 57.5 Å². The van der Waals surface area contributed by atoms with Gasteiger partial charge in [0, 0.05) is 34.0 Å². The molecule has 1 aromatic carbocycles. The topological polar surface area (TPSA) is 84.6 Å². The van der Waals surface area contributed by atoms with Crippen molar-refractivity contribution >= 4 is 42.1 Å². The van der Waals surface area contributed by atoms with Crippen LogP contribution in [-0.4, -0.2) is 32.8 Å². The standard InChI is InChI=1S/C28H31N5O2S2.ClH/c1-15-22(12-24-29-16(13-36)9-17(14-37)30-24)33(8-7-23(15)35-6)26-31-20-10-18-19(11-21(20)32-26)28(4,5)25(34)27(18,2)3;/h7-11H,12-14H2,1-6H3,(H2-,31,32,36,37);1H. The van der Waals surface area contributed by atoms with Crippen molar-refractivity contribution in [2.75, 3.05) is 7.11 Å². The molecule has 3 aromatic heterocycles. The highest BCUT2D eigenvalue weighted by Crippen LogP contribution is 2.47. The molecule has 38 heavy (non-hydrogen) atoms. The van der Waals surface area contributed by atoms with Gasteiger partial charge in [-0.3, -0.25) is 4.79 Å². The fraction of sp³-hybridized carbons (Fsp3) is 0.393. The Bertz CT molecular complexity index is 1490. The van der Waals surface area contributed by atoms with Crippen molar-refractivity contribution in [2.24, 2.45) is 0 Å². The van der Waals surface area contributed by atoms with Crippen LogP contribution in [0.15, 0.2) is 30.5 Å². The van der Waals surface area contributed by atoms with E-state index < -0.39 is 10.8 Å². The van der Waals surface area contributed by atoms with E-state index in [4.69, 9.17) is 19.7 Å². The molecule has 1 N–H and O–H groups in total. The Kier molecular flexibility index (Phi) is 7.60. The van der Waals surface area contributed by atoms with Crippen molar-refractivity contribution in [1.82, 2.24) is 19.9 Å². The molecular weight excluding hydrogens is 538 g/mol. The second kappa shape index (κ2) is 10.2. The van der Waals surface area contributed by atoms with Crippen molar-refractivity contribution in [1.29, 1.82) is 0 Å². The molecule has 1 aliphatic rings. The van der Waals surface area contributed by atoms with Crippen LogP contribution in [0.3, 0.4) is 0 Å². The molecule has 0 spiro atoms. The quantitative estimate of drug-likeness (QED) is 0.242. The number of methoxy groups -OCH3 is 1. The number of ether oxygens (including phenoxy) is 1. The summed E-state index contributed by atoms with van der Waals surface area (Å²) in [5, 5.41) is 0. The van der Waals surface area contributed by atoms with E-state index in [9.17, 15) is 4.79 Å². The Balaban J connectivity index is 0.00000336. The van der Waals surface area contributed by atoms with Gasteiger partial charge in [0.15, 0.2) is 11.3 Å². The minimum atomic E-state index is -0.554.